The van der Waals surface area contributed by atoms with Gasteiger partial charge in [0, 0.05) is 5.02 Å². The van der Waals surface area contributed by atoms with Crippen LogP contribution in [-0.4, -0.2) is 8.42 Å². The van der Waals surface area contributed by atoms with Gasteiger partial charge in [-0.2, -0.15) is 0 Å². The maximum Gasteiger partial charge on any atom is 0.168 e. The van der Waals surface area contributed by atoms with Crippen LogP contribution < -0.4 is 0 Å². The van der Waals surface area contributed by atoms with Gasteiger partial charge in [0.1, 0.15) is 0 Å². The fourth-order valence-corrected chi connectivity index (χ4v) is 1.31. The van der Waals surface area contributed by atoms with E-state index in [0.717, 1.165) is 0 Å². The summed E-state index contributed by atoms with van der Waals surface area (Å²) >= 11 is 5.52. The van der Waals surface area contributed by atoms with E-state index in [4.69, 9.17) is 11.6 Å². The average molecular weight is 177 g/mol. The van der Waals surface area contributed by atoms with Crippen molar-refractivity contribution >= 4 is 22.3 Å². The molecule has 0 aliphatic rings. The molecule has 0 aromatic heterocycles. The van der Waals surface area contributed by atoms with E-state index in [0.29, 0.717) is 5.02 Å². The minimum Gasteiger partial charge on any atom is -0.227 e. The predicted octanol–water partition coefficient (Wildman–Crippen LogP) is 1.31. The van der Waals surface area contributed by atoms with Crippen molar-refractivity contribution in [3.63, 3.8) is 0 Å². The summed E-state index contributed by atoms with van der Waals surface area (Å²) in [5.41, 5.74) is 0. The van der Waals surface area contributed by atoms with Gasteiger partial charge in [-0.3, -0.25) is 0 Å². The Bertz CT molecular complexity index is 298. The molecule has 2 nitrogen and oxygen atoms in total. The molecule has 0 bridgehead atoms. The monoisotopic (exact) mass is 176 g/mol. The van der Waals surface area contributed by atoms with Crippen LogP contribution in [0.3, 0.4) is 0 Å². The Kier molecular flexibility index (Phi) is 2.29. The Morgan fingerprint density at radius 3 is 2.40 bits per heavy atom. The first-order valence-corrected chi connectivity index (χ1v) is 4.15. The first-order chi connectivity index (χ1) is 4.70. The van der Waals surface area contributed by atoms with Crippen LogP contribution in [-0.2, 0) is 10.7 Å². The van der Waals surface area contributed by atoms with E-state index in [1.54, 1.807) is 12.1 Å². The molecule has 0 aliphatic heterocycles. The smallest absolute Gasteiger partial charge is 0.168 e. The topological polar surface area (TPSA) is 34.1 Å². The van der Waals surface area contributed by atoms with Gasteiger partial charge in [0.15, 0.2) is 10.7 Å². The second-order valence-corrected chi connectivity index (χ2v) is 3.20. The molecule has 0 saturated heterocycles. The van der Waals surface area contributed by atoms with Gasteiger partial charge in [-0.1, -0.05) is 17.7 Å². The molecule has 0 N–H and O–H groups in total. The molecule has 10 heavy (non-hydrogen) atoms. The van der Waals surface area contributed by atoms with Gasteiger partial charge in [0.25, 0.3) is 0 Å². The second-order valence-electron chi connectivity index (χ2n) is 1.74. The first kappa shape index (κ1) is 7.57. The molecule has 0 unspecified atom stereocenters. The summed E-state index contributed by atoms with van der Waals surface area (Å²) in [5, 5.41) is 0.441. The summed E-state index contributed by atoms with van der Waals surface area (Å²) in [6.07, 6.45) is 0. The Hall–Kier alpha value is -0.540. The zero-order chi connectivity index (χ0) is 7.56. The van der Waals surface area contributed by atoms with Crippen LogP contribution in [0.2, 0.25) is 5.02 Å². The summed E-state index contributed by atoms with van der Waals surface area (Å²) in [7, 11) is -2.50. The lowest BCUT2D eigenvalue weighted by molar-refractivity contribution is 0.614. The Morgan fingerprint density at radius 2 is 2.00 bits per heavy atom. The molecule has 4 heteroatoms. The molecular formula is C6H5ClO2S. The fourth-order valence-electron chi connectivity index (χ4n) is 0.590. The normalized spacial score (nSPS) is 10.2. The van der Waals surface area contributed by atoms with Crippen molar-refractivity contribution in [1.82, 2.24) is 0 Å². The molecule has 0 radical (unpaired) electrons. The van der Waals surface area contributed by atoms with Gasteiger partial charge in [0.05, 0.1) is 4.90 Å². The van der Waals surface area contributed by atoms with Gasteiger partial charge < -0.3 is 0 Å². The molecule has 0 heterocycles. The maximum absolute atomic E-state index is 10.3. The highest BCUT2D eigenvalue weighted by Crippen LogP contribution is 2.10. The van der Waals surface area contributed by atoms with Gasteiger partial charge in [-0.15, -0.1) is 0 Å². The Morgan fingerprint density at radius 1 is 1.30 bits per heavy atom. The van der Waals surface area contributed by atoms with E-state index >= 15 is 0 Å². The van der Waals surface area contributed by atoms with Crippen LogP contribution in [0.5, 0.6) is 0 Å². The minimum absolute atomic E-state index is 0.252. The number of hydrogen-bond donors (Lipinski definition) is 1. The summed E-state index contributed by atoms with van der Waals surface area (Å²) in [6, 6.07) is 6.14. The van der Waals surface area contributed by atoms with Crippen molar-refractivity contribution < 1.29 is 8.42 Å². The highest BCUT2D eigenvalue weighted by molar-refractivity contribution is 7.72. The van der Waals surface area contributed by atoms with E-state index in [9.17, 15) is 8.42 Å². The minimum atomic E-state index is -2.50. The number of rotatable bonds is 1. The van der Waals surface area contributed by atoms with Gasteiger partial charge >= 0.3 is 0 Å². The number of benzene rings is 1. The van der Waals surface area contributed by atoms with E-state index in [2.05, 4.69) is 0 Å². The van der Waals surface area contributed by atoms with Crippen molar-refractivity contribution in [1.29, 1.82) is 0 Å². The lowest BCUT2D eigenvalue weighted by Crippen LogP contribution is -1.77. The van der Waals surface area contributed by atoms with Crippen molar-refractivity contribution in [2.45, 2.75) is 4.90 Å². The lowest BCUT2D eigenvalue weighted by atomic mass is 10.4. The third kappa shape index (κ3) is 1.72. The van der Waals surface area contributed by atoms with Crippen LogP contribution in [0.4, 0.5) is 0 Å². The molecule has 0 aliphatic carbocycles. The maximum atomic E-state index is 10.3. The molecule has 0 saturated carbocycles. The fraction of sp³-hybridized carbons (Fsp3) is 0. The Labute approximate surface area is 65.4 Å². The molecule has 0 fully saturated rings. The molecule has 1 aromatic carbocycles. The Balaban J connectivity index is 3.19. The van der Waals surface area contributed by atoms with E-state index in [1.165, 1.54) is 12.1 Å². The van der Waals surface area contributed by atoms with Crippen LogP contribution in [0.15, 0.2) is 29.2 Å². The van der Waals surface area contributed by atoms with E-state index in [1.807, 2.05) is 0 Å². The van der Waals surface area contributed by atoms with Crippen molar-refractivity contribution in [3.8, 4) is 0 Å². The molecular weight excluding hydrogens is 172 g/mol. The second kappa shape index (κ2) is 3.03. The number of thiol groups is 1. The van der Waals surface area contributed by atoms with E-state index in [-0.39, 0.29) is 4.90 Å². The molecule has 0 atom stereocenters. The molecule has 0 spiro atoms. The predicted molar refractivity (Wildman–Crippen MR) is 40.0 cm³/mol. The van der Waals surface area contributed by atoms with Crippen LogP contribution in [0.1, 0.15) is 0 Å². The SMILES string of the molecule is O=[SH](=O)c1cccc(Cl)c1. The number of hydrogen-bond acceptors (Lipinski definition) is 2. The molecule has 1 rings (SSSR count). The van der Waals surface area contributed by atoms with Crippen molar-refractivity contribution in [2.24, 2.45) is 0 Å². The van der Waals surface area contributed by atoms with Gasteiger partial charge in [-0.05, 0) is 18.2 Å². The third-order valence-electron chi connectivity index (χ3n) is 1.02. The third-order valence-corrected chi connectivity index (χ3v) is 1.95. The van der Waals surface area contributed by atoms with Gasteiger partial charge in [-0.25, -0.2) is 8.42 Å². The molecule has 0 amide bonds. The highest BCUT2D eigenvalue weighted by Gasteiger charge is 1.93. The standard InChI is InChI=1S/C6H5ClO2S/c7-5-2-1-3-6(4-5)10(8)9/h1-4,10H. The van der Waals surface area contributed by atoms with Gasteiger partial charge in [0.2, 0.25) is 0 Å². The summed E-state index contributed by atoms with van der Waals surface area (Å²) in [4.78, 5) is 0.252. The largest absolute Gasteiger partial charge is 0.227 e. The van der Waals surface area contributed by atoms with E-state index < -0.39 is 10.7 Å². The molecule has 54 valence electrons. The van der Waals surface area contributed by atoms with Crippen LogP contribution in [0, 0.1) is 0 Å². The van der Waals surface area contributed by atoms with Crippen LogP contribution >= 0.6 is 11.6 Å². The first-order valence-electron chi connectivity index (χ1n) is 2.60. The van der Waals surface area contributed by atoms with Crippen molar-refractivity contribution in [3.05, 3.63) is 29.3 Å². The quantitative estimate of drug-likeness (QED) is 0.655. The molecule has 1 aromatic rings. The zero-order valence-corrected chi connectivity index (χ0v) is 6.60. The average Bonchev–Trinajstić information content (AvgIpc) is 1.88. The summed E-state index contributed by atoms with van der Waals surface area (Å²) in [5.74, 6) is 0. The summed E-state index contributed by atoms with van der Waals surface area (Å²) < 4.78 is 20.7. The zero-order valence-electron chi connectivity index (χ0n) is 4.95. The highest BCUT2D eigenvalue weighted by atomic mass is 35.5. The lowest BCUT2D eigenvalue weighted by Gasteiger charge is -1.89. The number of halogens is 1. The van der Waals surface area contributed by atoms with Crippen molar-refractivity contribution in [2.75, 3.05) is 0 Å². The van der Waals surface area contributed by atoms with Crippen LogP contribution in [0.25, 0.3) is 0 Å². The summed E-state index contributed by atoms with van der Waals surface area (Å²) in [6.45, 7) is 0.